The molecule has 0 fully saturated rings. The topological polar surface area (TPSA) is 68.0 Å². The predicted molar refractivity (Wildman–Crippen MR) is 58.2 cm³/mol. The molecule has 0 saturated heterocycles. The number of thiazole rings is 1. The van der Waals surface area contributed by atoms with Crippen molar-refractivity contribution in [2.45, 2.75) is 20.3 Å². The third-order valence-corrected chi connectivity index (χ3v) is 2.73. The molecule has 14 heavy (non-hydrogen) atoms. The molecule has 0 spiro atoms. The molecule has 5 heteroatoms. The third-order valence-electron chi connectivity index (χ3n) is 2.04. The van der Waals surface area contributed by atoms with E-state index in [4.69, 9.17) is 5.73 Å². The lowest BCUT2D eigenvalue weighted by atomic mass is 9.88. The zero-order chi connectivity index (χ0) is 10.6. The summed E-state index contributed by atoms with van der Waals surface area (Å²) in [6, 6.07) is 0. The molecule has 0 radical (unpaired) electrons. The summed E-state index contributed by atoms with van der Waals surface area (Å²) in [5.74, 6) is -0.0297. The second-order valence-electron chi connectivity index (χ2n) is 3.71. The number of nitrogens with zero attached hydrogens (tertiary/aromatic N) is 1. The molecule has 0 saturated carbocycles. The monoisotopic (exact) mass is 213 g/mol. The Kier molecular flexibility index (Phi) is 3.60. The fraction of sp³-hybridized carbons (Fsp3) is 0.556. The van der Waals surface area contributed by atoms with Gasteiger partial charge in [0.25, 0.3) is 0 Å². The second-order valence-corrected chi connectivity index (χ2v) is 4.61. The van der Waals surface area contributed by atoms with E-state index < -0.39 is 5.41 Å². The Morgan fingerprint density at radius 1 is 1.71 bits per heavy atom. The maximum atomic E-state index is 11.7. The van der Waals surface area contributed by atoms with Crippen LogP contribution in [0.4, 0.5) is 5.13 Å². The highest BCUT2D eigenvalue weighted by Crippen LogP contribution is 2.22. The van der Waals surface area contributed by atoms with Gasteiger partial charge in [0.1, 0.15) is 0 Å². The zero-order valence-electron chi connectivity index (χ0n) is 8.41. The summed E-state index contributed by atoms with van der Waals surface area (Å²) < 4.78 is 0. The summed E-state index contributed by atoms with van der Waals surface area (Å²) in [4.78, 5) is 15.7. The third kappa shape index (κ3) is 2.78. The van der Waals surface area contributed by atoms with E-state index in [1.807, 2.05) is 19.2 Å². The van der Waals surface area contributed by atoms with Gasteiger partial charge in [0.2, 0.25) is 5.91 Å². The standard InChI is InChI=1S/C9H15N3OS/c1-9(2,3-4-10)7(13)12-8-11-5-6-14-8/h5-6H,3-4,10H2,1-2H3,(H,11,12,13). The molecule has 3 N–H and O–H groups in total. The number of hydrogen-bond donors (Lipinski definition) is 2. The molecular formula is C9H15N3OS. The van der Waals surface area contributed by atoms with Gasteiger partial charge in [-0.25, -0.2) is 4.98 Å². The van der Waals surface area contributed by atoms with Crippen LogP contribution in [-0.4, -0.2) is 17.4 Å². The highest BCUT2D eigenvalue weighted by Gasteiger charge is 2.26. The van der Waals surface area contributed by atoms with Gasteiger partial charge in [-0.1, -0.05) is 13.8 Å². The van der Waals surface area contributed by atoms with E-state index in [2.05, 4.69) is 10.3 Å². The number of nitrogens with two attached hydrogens (primary N) is 1. The Morgan fingerprint density at radius 3 is 2.93 bits per heavy atom. The van der Waals surface area contributed by atoms with Crippen LogP contribution in [0.15, 0.2) is 11.6 Å². The molecule has 0 aliphatic heterocycles. The SMILES string of the molecule is CC(C)(CCN)C(=O)Nc1nccs1. The van der Waals surface area contributed by atoms with E-state index in [0.717, 1.165) is 0 Å². The first-order valence-electron chi connectivity index (χ1n) is 4.47. The Hall–Kier alpha value is -0.940. The largest absolute Gasteiger partial charge is 0.330 e. The summed E-state index contributed by atoms with van der Waals surface area (Å²) in [5, 5.41) is 5.22. The Bertz CT molecular complexity index is 295. The fourth-order valence-electron chi connectivity index (χ4n) is 1.03. The van der Waals surface area contributed by atoms with Crippen LogP contribution in [-0.2, 0) is 4.79 Å². The van der Waals surface area contributed by atoms with Crippen LogP contribution in [0.2, 0.25) is 0 Å². The molecule has 0 atom stereocenters. The van der Waals surface area contributed by atoms with E-state index in [1.54, 1.807) is 6.20 Å². The van der Waals surface area contributed by atoms with Gasteiger partial charge in [-0.05, 0) is 13.0 Å². The first-order valence-corrected chi connectivity index (χ1v) is 5.35. The molecule has 0 aliphatic rings. The number of carbonyl (C=O) groups is 1. The molecule has 1 aromatic rings. The van der Waals surface area contributed by atoms with Crippen molar-refractivity contribution in [3.63, 3.8) is 0 Å². The van der Waals surface area contributed by atoms with Crippen molar-refractivity contribution in [3.8, 4) is 0 Å². The second kappa shape index (κ2) is 4.52. The van der Waals surface area contributed by atoms with E-state index in [-0.39, 0.29) is 5.91 Å². The highest BCUT2D eigenvalue weighted by molar-refractivity contribution is 7.13. The van der Waals surface area contributed by atoms with Gasteiger partial charge in [-0.3, -0.25) is 4.79 Å². The Labute approximate surface area is 87.5 Å². The smallest absolute Gasteiger partial charge is 0.231 e. The number of amides is 1. The lowest BCUT2D eigenvalue weighted by Gasteiger charge is -2.21. The first-order chi connectivity index (χ1) is 6.56. The normalized spacial score (nSPS) is 11.4. The average Bonchev–Trinajstić information content (AvgIpc) is 2.56. The van der Waals surface area contributed by atoms with Crippen LogP contribution >= 0.6 is 11.3 Å². The van der Waals surface area contributed by atoms with Crippen LogP contribution in [0, 0.1) is 5.41 Å². The van der Waals surface area contributed by atoms with Gasteiger partial charge < -0.3 is 11.1 Å². The maximum absolute atomic E-state index is 11.7. The summed E-state index contributed by atoms with van der Waals surface area (Å²) in [6.07, 6.45) is 2.33. The van der Waals surface area contributed by atoms with Crippen LogP contribution in [0.3, 0.4) is 0 Å². The lowest BCUT2D eigenvalue weighted by Crippen LogP contribution is -2.32. The predicted octanol–water partition coefficient (Wildman–Crippen LogP) is 1.46. The molecule has 78 valence electrons. The number of hydrogen-bond acceptors (Lipinski definition) is 4. The van der Waals surface area contributed by atoms with Crippen LogP contribution in [0.1, 0.15) is 20.3 Å². The first kappa shape index (κ1) is 11.1. The van der Waals surface area contributed by atoms with Crippen molar-refractivity contribution in [2.24, 2.45) is 11.1 Å². The van der Waals surface area contributed by atoms with E-state index in [0.29, 0.717) is 18.1 Å². The van der Waals surface area contributed by atoms with Crippen LogP contribution in [0.25, 0.3) is 0 Å². The molecule has 1 amide bonds. The number of anilines is 1. The number of rotatable bonds is 4. The van der Waals surface area contributed by atoms with Crippen LogP contribution < -0.4 is 11.1 Å². The Morgan fingerprint density at radius 2 is 2.43 bits per heavy atom. The average molecular weight is 213 g/mol. The van der Waals surface area contributed by atoms with Gasteiger partial charge >= 0.3 is 0 Å². The van der Waals surface area contributed by atoms with Crippen molar-refractivity contribution in [2.75, 3.05) is 11.9 Å². The zero-order valence-corrected chi connectivity index (χ0v) is 9.23. The molecule has 0 aliphatic carbocycles. The van der Waals surface area contributed by atoms with Gasteiger partial charge in [0.15, 0.2) is 5.13 Å². The summed E-state index contributed by atoms with van der Waals surface area (Å²) in [6.45, 7) is 4.27. The van der Waals surface area contributed by atoms with Crippen LogP contribution in [0.5, 0.6) is 0 Å². The Balaban J connectivity index is 2.57. The summed E-state index contributed by atoms with van der Waals surface area (Å²) >= 11 is 1.41. The van der Waals surface area contributed by atoms with Crippen molar-refractivity contribution in [1.29, 1.82) is 0 Å². The molecule has 0 aromatic carbocycles. The van der Waals surface area contributed by atoms with Crippen molar-refractivity contribution >= 4 is 22.4 Å². The van der Waals surface area contributed by atoms with Crippen molar-refractivity contribution in [3.05, 3.63) is 11.6 Å². The maximum Gasteiger partial charge on any atom is 0.231 e. The fourth-order valence-corrected chi connectivity index (χ4v) is 1.55. The van der Waals surface area contributed by atoms with Crippen molar-refractivity contribution in [1.82, 2.24) is 4.98 Å². The summed E-state index contributed by atoms with van der Waals surface area (Å²) in [5.41, 5.74) is 5.00. The van der Waals surface area contributed by atoms with Gasteiger partial charge in [-0.15, -0.1) is 11.3 Å². The molecule has 4 nitrogen and oxygen atoms in total. The van der Waals surface area contributed by atoms with Gasteiger partial charge in [0.05, 0.1) is 0 Å². The minimum absolute atomic E-state index is 0.0297. The molecule has 0 bridgehead atoms. The number of aromatic nitrogens is 1. The number of carbonyl (C=O) groups excluding carboxylic acids is 1. The molecule has 0 unspecified atom stereocenters. The van der Waals surface area contributed by atoms with E-state index >= 15 is 0 Å². The van der Waals surface area contributed by atoms with Gasteiger partial charge in [0, 0.05) is 17.0 Å². The van der Waals surface area contributed by atoms with E-state index in [1.165, 1.54) is 11.3 Å². The number of nitrogens with one attached hydrogen (secondary N) is 1. The van der Waals surface area contributed by atoms with Gasteiger partial charge in [-0.2, -0.15) is 0 Å². The molecule has 1 aromatic heterocycles. The molecule has 1 rings (SSSR count). The molecular weight excluding hydrogens is 198 g/mol. The quantitative estimate of drug-likeness (QED) is 0.795. The minimum atomic E-state index is -0.430. The van der Waals surface area contributed by atoms with Crippen molar-refractivity contribution < 1.29 is 4.79 Å². The highest BCUT2D eigenvalue weighted by atomic mass is 32.1. The summed E-state index contributed by atoms with van der Waals surface area (Å²) in [7, 11) is 0. The minimum Gasteiger partial charge on any atom is -0.330 e. The molecule has 1 heterocycles. The lowest BCUT2D eigenvalue weighted by molar-refractivity contribution is -0.124. The van der Waals surface area contributed by atoms with E-state index in [9.17, 15) is 4.79 Å².